The molecular weight excluding hydrogens is 306 g/mol. The topological polar surface area (TPSA) is 39.9 Å². The third kappa shape index (κ3) is 2.76. The number of aromatic nitrogens is 3. The van der Waals surface area contributed by atoms with Gasteiger partial charge in [0.15, 0.2) is 5.82 Å². The van der Waals surface area contributed by atoms with Crippen LogP contribution in [-0.2, 0) is 7.05 Å². The largest absolute Gasteiger partial charge is 0.416 e. The van der Waals surface area contributed by atoms with Gasteiger partial charge in [-0.15, -0.1) is 0 Å². The standard InChI is InChI=1S/C10H6Cl2F3N3O/c1-18-9(19-10(14)15)6(12)8(17-18)7-4(13)2-3-5(11)16-7/h2-3,10H,1H3. The van der Waals surface area contributed by atoms with E-state index in [1.54, 1.807) is 0 Å². The minimum Gasteiger partial charge on any atom is -0.416 e. The summed E-state index contributed by atoms with van der Waals surface area (Å²) in [7, 11) is 1.33. The summed E-state index contributed by atoms with van der Waals surface area (Å²) in [6, 6.07) is 2.32. The molecule has 0 atom stereocenters. The maximum atomic E-state index is 13.6. The lowest BCUT2D eigenvalue weighted by atomic mass is 10.2. The van der Waals surface area contributed by atoms with Crippen LogP contribution in [0.1, 0.15) is 0 Å². The molecule has 0 radical (unpaired) electrons. The first-order chi connectivity index (χ1) is 8.90. The number of alkyl halides is 2. The highest BCUT2D eigenvalue weighted by Crippen LogP contribution is 2.35. The average molecular weight is 312 g/mol. The third-order valence-electron chi connectivity index (χ3n) is 2.18. The molecule has 0 bridgehead atoms. The Morgan fingerprint density at radius 3 is 2.58 bits per heavy atom. The molecule has 9 heteroatoms. The zero-order valence-electron chi connectivity index (χ0n) is 9.37. The summed E-state index contributed by atoms with van der Waals surface area (Å²) in [4.78, 5) is 3.72. The normalized spacial score (nSPS) is 11.1. The van der Waals surface area contributed by atoms with E-state index in [0.29, 0.717) is 0 Å². The Morgan fingerprint density at radius 1 is 1.26 bits per heavy atom. The molecule has 0 fully saturated rings. The summed E-state index contributed by atoms with van der Waals surface area (Å²) in [5, 5.41) is 3.56. The lowest BCUT2D eigenvalue weighted by Gasteiger charge is -2.03. The van der Waals surface area contributed by atoms with Crippen molar-refractivity contribution in [3.63, 3.8) is 0 Å². The fourth-order valence-corrected chi connectivity index (χ4v) is 1.87. The number of hydrogen-bond acceptors (Lipinski definition) is 3. The SMILES string of the molecule is Cn1nc(-c2nc(Cl)ccc2F)c(Cl)c1OC(F)F. The molecule has 2 aromatic rings. The number of pyridine rings is 1. The fraction of sp³-hybridized carbons (Fsp3) is 0.200. The minimum atomic E-state index is -3.07. The zero-order valence-corrected chi connectivity index (χ0v) is 10.9. The number of halogens is 5. The number of ether oxygens (including phenoxy) is 1. The van der Waals surface area contributed by atoms with Gasteiger partial charge in [0.1, 0.15) is 21.6 Å². The molecule has 0 amide bonds. The van der Waals surface area contributed by atoms with Crippen molar-refractivity contribution in [1.29, 1.82) is 0 Å². The molecule has 0 N–H and O–H groups in total. The van der Waals surface area contributed by atoms with Crippen molar-refractivity contribution in [3.05, 3.63) is 28.1 Å². The summed E-state index contributed by atoms with van der Waals surface area (Å²) in [6.07, 6.45) is 0. The van der Waals surface area contributed by atoms with Crippen molar-refractivity contribution in [2.45, 2.75) is 6.61 Å². The van der Waals surface area contributed by atoms with Crippen LogP contribution < -0.4 is 4.74 Å². The van der Waals surface area contributed by atoms with Crippen LogP contribution in [0.25, 0.3) is 11.4 Å². The van der Waals surface area contributed by atoms with Gasteiger partial charge >= 0.3 is 6.61 Å². The summed E-state index contributed by atoms with van der Waals surface area (Å²) < 4.78 is 43.2. The smallest absolute Gasteiger partial charge is 0.388 e. The molecule has 0 spiro atoms. The average Bonchev–Trinajstić information content (AvgIpc) is 2.60. The summed E-state index contributed by atoms with van der Waals surface area (Å²) in [5.41, 5.74) is -0.364. The van der Waals surface area contributed by atoms with Crippen molar-refractivity contribution >= 4 is 23.2 Å². The van der Waals surface area contributed by atoms with E-state index in [4.69, 9.17) is 23.2 Å². The van der Waals surface area contributed by atoms with Crippen molar-refractivity contribution in [1.82, 2.24) is 14.8 Å². The molecule has 102 valence electrons. The van der Waals surface area contributed by atoms with E-state index in [1.807, 2.05) is 0 Å². The monoisotopic (exact) mass is 311 g/mol. The molecule has 2 aromatic heterocycles. The van der Waals surface area contributed by atoms with Crippen LogP contribution in [-0.4, -0.2) is 21.4 Å². The Morgan fingerprint density at radius 2 is 1.95 bits per heavy atom. The van der Waals surface area contributed by atoms with Crippen molar-refractivity contribution in [2.24, 2.45) is 7.05 Å². The van der Waals surface area contributed by atoms with Gasteiger partial charge in [-0.3, -0.25) is 0 Å². The van der Waals surface area contributed by atoms with Crippen LogP contribution in [0.3, 0.4) is 0 Å². The lowest BCUT2D eigenvalue weighted by Crippen LogP contribution is -2.06. The van der Waals surface area contributed by atoms with Crippen LogP contribution in [0.2, 0.25) is 10.2 Å². The number of aryl methyl sites for hydroxylation is 1. The summed E-state index contributed by atoms with van der Waals surface area (Å²) in [5.74, 6) is -1.11. The second kappa shape index (κ2) is 5.26. The van der Waals surface area contributed by atoms with Crippen LogP contribution >= 0.6 is 23.2 Å². The number of nitrogens with zero attached hydrogens (tertiary/aromatic N) is 3. The van der Waals surface area contributed by atoms with E-state index in [0.717, 1.165) is 10.7 Å². The predicted molar refractivity (Wildman–Crippen MR) is 63.0 cm³/mol. The maximum Gasteiger partial charge on any atom is 0.388 e. The molecule has 2 rings (SSSR count). The summed E-state index contributed by atoms with van der Waals surface area (Å²) >= 11 is 11.5. The molecular formula is C10H6Cl2F3N3O. The first-order valence-corrected chi connectivity index (χ1v) is 5.65. The van der Waals surface area contributed by atoms with Gasteiger partial charge in [0.2, 0.25) is 5.88 Å². The van der Waals surface area contributed by atoms with Gasteiger partial charge in [0.25, 0.3) is 0 Å². The first-order valence-electron chi connectivity index (χ1n) is 4.90. The van der Waals surface area contributed by atoms with Crippen molar-refractivity contribution < 1.29 is 17.9 Å². The van der Waals surface area contributed by atoms with Crippen LogP contribution in [0.15, 0.2) is 12.1 Å². The minimum absolute atomic E-state index is 0.0226. The molecule has 0 saturated heterocycles. The molecule has 19 heavy (non-hydrogen) atoms. The van der Waals surface area contributed by atoms with Crippen LogP contribution in [0.4, 0.5) is 13.2 Å². The van der Waals surface area contributed by atoms with Crippen LogP contribution in [0, 0.1) is 5.82 Å². The maximum absolute atomic E-state index is 13.6. The second-order valence-electron chi connectivity index (χ2n) is 3.43. The van der Waals surface area contributed by atoms with E-state index in [2.05, 4.69) is 14.8 Å². The number of rotatable bonds is 3. The Kier molecular flexibility index (Phi) is 3.86. The second-order valence-corrected chi connectivity index (χ2v) is 4.20. The summed E-state index contributed by atoms with van der Waals surface area (Å²) in [6.45, 7) is -3.07. The van der Waals surface area contributed by atoms with Crippen LogP contribution in [0.5, 0.6) is 5.88 Å². The Bertz CT molecular complexity index is 618. The van der Waals surface area contributed by atoms with Gasteiger partial charge in [-0.25, -0.2) is 14.1 Å². The number of hydrogen-bond donors (Lipinski definition) is 0. The Balaban J connectivity index is 2.54. The van der Waals surface area contributed by atoms with Gasteiger partial charge in [-0.1, -0.05) is 23.2 Å². The molecule has 0 aromatic carbocycles. The molecule has 2 heterocycles. The predicted octanol–water partition coefficient (Wildman–Crippen LogP) is 3.53. The van der Waals surface area contributed by atoms with Gasteiger partial charge in [-0.2, -0.15) is 13.9 Å². The highest BCUT2D eigenvalue weighted by Gasteiger charge is 2.23. The van der Waals surface area contributed by atoms with E-state index >= 15 is 0 Å². The molecule has 4 nitrogen and oxygen atoms in total. The molecule has 0 unspecified atom stereocenters. The molecule has 0 aliphatic heterocycles. The highest BCUT2D eigenvalue weighted by atomic mass is 35.5. The van der Waals surface area contributed by atoms with E-state index in [-0.39, 0.29) is 27.4 Å². The van der Waals surface area contributed by atoms with Gasteiger partial charge in [0, 0.05) is 7.05 Å². The molecule has 0 saturated carbocycles. The van der Waals surface area contributed by atoms with Gasteiger partial charge in [-0.05, 0) is 12.1 Å². The van der Waals surface area contributed by atoms with Crippen molar-refractivity contribution in [3.8, 4) is 17.3 Å². The fourth-order valence-electron chi connectivity index (χ4n) is 1.43. The molecule has 0 aliphatic rings. The highest BCUT2D eigenvalue weighted by molar-refractivity contribution is 6.34. The van der Waals surface area contributed by atoms with Gasteiger partial charge in [0.05, 0.1) is 0 Å². The zero-order chi connectivity index (χ0) is 14.2. The quantitative estimate of drug-likeness (QED) is 0.814. The third-order valence-corrected chi connectivity index (χ3v) is 2.73. The van der Waals surface area contributed by atoms with Crippen molar-refractivity contribution in [2.75, 3.05) is 0 Å². The van der Waals surface area contributed by atoms with E-state index in [1.165, 1.54) is 13.1 Å². The first kappa shape index (κ1) is 14.0. The Hall–Kier alpha value is -1.47. The van der Waals surface area contributed by atoms with E-state index < -0.39 is 12.4 Å². The van der Waals surface area contributed by atoms with E-state index in [9.17, 15) is 13.2 Å². The molecule has 0 aliphatic carbocycles. The Labute approximate surface area is 115 Å². The lowest BCUT2D eigenvalue weighted by molar-refractivity contribution is -0.0552. The van der Waals surface area contributed by atoms with Gasteiger partial charge < -0.3 is 4.74 Å².